The normalized spacial score (nSPS) is 19.2. The predicted molar refractivity (Wildman–Crippen MR) is 94.0 cm³/mol. The topological polar surface area (TPSA) is 104 Å². The summed E-state index contributed by atoms with van der Waals surface area (Å²) in [7, 11) is -3.29. The molecule has 2 amide bonds. The Bertz CT molecular complexity index is 705. The van der Waals surface area contributed by atoms with E-state index in [4.69, 9.17) is 5.11 Å². The van der Waals surface area contributed by atoms with Crippen LogP contribution in [0.5, 0.6) is 0 Å². The Morgan fingerprint density at radius 2 is 2.00 bits per heavy atom. The third kappa shape index (κ3) is 6.38. The molecule has 1 aliphatic rings. The van der Waals surface area contributed by atoms with Crippen LogP contribution in [0.4, 0.5) is 4.79 Å². The smallest absolute Gasteiger partial charge is 0.317 e. The molecule has 2 unspecified atom stereocenters. The third-order valence-electron chi connectivity index (χ3n) is 4.24. The van der Waals surface area contributed by atoms with Gasteiger partial charge in [0.15, 0.2) is 0 Å². The minimum absolute atomic E-state index is 0.0369. The van der Waals surface area contributed by atoms with Crippen molar-refractivity contribution in [3.63, 3.8) is 0 Å². The Kier molecular flexibility index (Phi) is 6.41. The van der Waals surface area contributed by atoms with Gasteiger partial charge in [0.2, 0.25) is 0 Å². The summed E-state index contributed by atoms with van der Waals surface area (Å²) in [5.74, 6) is -1.12. The third-order valence-corrected chi connectivity index (χ3v) is 5.18. The summed E-state index contributed by atoms with van der Waals surface area (Å²) in [6, 6.07) is 7.97. The number of piperidine rings is 1. The van der Waals surface area contributed by atoms with E-state index in [2.05, 4.69) is 5.32 Å². The van der Waals surface area contributed by atoms with Gasteiger partial charge < -0.3 is 15.3 Å². The molecule has 0 saturated carbocycles. The number of carboxylic acids is 1. The summed E-state index contributed by atoms with van der Waals surface area (Å²) >= 11 is 0. The molecule has 2 atom stereocenters. The first-order valence-electron chi connectivity index (χ1n) is 8.24. The summed E-state index contributed by atoms with van der Waals surface area (Å²) in [4.78, 5) is 25.0. The molecule has 8 heteroatoms. The van der Waals surface area contributed by atoms with Gasteiger partial charge in [0.1, 0.15) is 9.84 Å². The maximum atomic E-state index is 12.6. The molecule has 138 valence electrons. The van der Waals surface area contributed by atoms with E-state index < -0.39 is 21.8 Å². The highest BCUT2D eigenvalue weighted by Gasteiger charge is 2.27. The zero-order chi connectivity index (χ0) is 18.4. The molecule has 1 aromatic carbocycles. The highest BCUT2D eigenvalue weighted by molar-refractivity contribution is 7.90. The molecule has 2 N–H and O–H groups in total. The van der Waals surface area contributed by atoms with Gasteiger partial charge in [-0.15, -0.1) is 0 Å². The van der Waals surface area contributed by atoms with Gasteiger partial charge in [-0.2, -0.15) is 0 Å². The second-order valence-electron chi connectivity index (χ2n) is 6.56. The average molecular weight is 368 g/mol. The van der Waals surface area contributed by atoms with Crippen LogP contribution in [-0.4, -0.2) is 55.5 Å². The largest absolute Gasteiger partial charge is 0.481 e. The molecule has 25 heavy (non-hydrogen) atoms. The molecule has 0 bridgehead atoms. The molecule has 1 heterocycles. The zero-order valence-electron chi connectivity index (χ0n) is 14.2. The predicted octanol–water partition coefficient (Wildman–Crippen LogP) is 1.67. The number of rotatable bonds is 6. The fourth-order valence-electron chi connectivity index (χ4n) is 3.11. The molecule has 1 aliphatic heterocycles. The average Bonchev–Trinajstić information content (AvgIpc) is 2.53. The van der Waals surface area contributed by atoms with E-state index >= 15 is 0 Å². The fourth-order valence-corrected chi connectivity index (χ4v) is 3.99. The summed E-state index contributed by atoms with van der Waals surface area (Å²) in [6.45, 7) is 0.918. The van der Waals surface area contributed by atoms with Crippen LogP contribution in [0.25, 0.3) is 0 Å². The van der Waals surface area contributed by atoms with Gasteiger partial charge in [0.25, 0.3) is 0 Å². The van der Waals surface area contributed by atoms with Gasteiger partial charge in [-0.1, -0.05) is 30.3 Å². The molecule has 1 fully saturated rings. The van der Waals surface area contributed by atoms with Crippen LogP contribution in [0.2, 0.25) is 0 Å². The van der Waals surface area contributed by atoms with E-state index in [9.17, 15) is 18.0 Å². The first-order chi connectivity index (χ1) is 11.7. The Morgan fingerprint density at radius 1 is 1.32 bits per heavy atom. The van der Waals surface area contributed by atoms with Crippen LogP contribution >= 0.6 is 0 Å². The number of nitrogens with zero attached hydrogens (tertiary/aromatic N) is 1. The Hall–Kier alpha value is -2.09. The van der Waals surface area contributed by atoms with Gasteiger partial charge in [-0.3, -0.25) is 4.79 Å². The Labute approximate surface area is 147 Å². The van der Waals surface area contributed by atoms with Crippen LogP contribution in [-0.2, 0) is 14.6 Å². The van der Waals surface area contributed by atoms with Crippen LogP contribution in [0.1, 0.15) is 30.9 Å². The van der Waals surface area contributed by atoms with E-state index in [0.29, 0.717) is 13.1 Å². The van der Waals surface area contributed by atoms with Crippen molar-refractivity contribution in [1.82, 2.24) is 10.2 Å². The second-order valence-corrected chi connectivity index (χ2v) is 8.74. The maximum absolute atomic E-state index is 12.6. The highest BCUT2D eigenvalue weighted by atomic mass is 32.2. The first kappa shape index (κ1) is 19.2. The molecule has 7 nitrogen and oxygen atoms in total. The monoisotopic (exact) mass is 368 g/mol. The minimum Gasteiger partial charge on any atom is -0.481 e. The van der Waals surface area contributed by atoms with E-state index in [1.165, 1.54) is 0 Å². The van der Waals surface area contributed by atoms with Crippen LogP contribution in [0.3, 0.4) is 0 Å². The second kappa shape index (κ2) is 8.33. The van der Waals surface area contributed by atoms with Crippen molar-refractivity contribution in [2.75, 3.05) is 25.1 Å². The van der Waals surface area contributed by atoms with Crippen molar-refractivity contribution in [2.45, 2.75) is 25.3 Å². The summed E-state index contributed by atoms with van der Waals surface area (Å²) in [5.41, 5.74) is 0.723. The number of urea groups is 1. The lowest BCUT2D eigenvalue weighted by molar-refractivity contribution is -0.138. The van der Waals surface area contributed by atoms with Crippen molar-refractivity contribution in [3.05, 3.63) is 35.9 Å². The van der Waals surface area contributed by atoms with Crippen molar-refractivity contribution in [3.8, 4) is 0 Å². The number of benzene rings is 1. The molecule has 0 aliphatic carbocycles. The van der Waals surface area contributed by atoms with Gasteiger partial charge in [0.05, 0.1) is 11.8 Å². The van der Waals surface area contributed by atoms with Crippen LogP contribution in [0, 0.1) is 5.92 Å². The number of aliphatic carboxylic acids is 1. The highest BCUT2D eigenvalue weighted by Crippen LogP contribution is 2.21. The number of nitrogens with one attached hydrogen (secondary N) is 1. The number of carbonyl (C=O) groups is 2. The lowest BCUT2D eigenvalue weighted by Crippen LogP contribution is -2.47. The first-order valence-corrected chi connectivity index (χ1v) is 10.3. The van der Waals surface area contributed by atoms with Gasteiger partial charge in [-0.05, 0) is 24.3 Å². The van der Waals surface area contributed by atoms with Crippen molar-refractivity contribution < 1.29 is 23.1 Å². The lowest BCUT2D eigenvalue weighted by Gasteiger charge is -2.33. The molecule has 2 rings (SSSR count). The van der Waals surface area contributed by atoms with Crippen LogP contribution < -0.4 is 5.32 Å². The number of hydrogen-bond acceptors (Lipinski definition) is 4. The fraction of sp³-hybridized carbons (Fsp3) is 0.529. The number of carbonyl (C=O) groups excluding carboxylic acids is 1. The molecular formula is C17H24N2O5S. The van der Waals surface area contributed by atoms with Crippen molar-refractivity contribution >= 4 is 21.8 Å². The zero-order valence-corrected chi connectivity index (χ0v) is 15.0. The molecule has 0 aromatic heterocycles. The summed E-state index contributed by atoms with van der Waals surface area (Å²) in [6.07, 6.45) is 2.70. The molecule has 0 spiro atoms. The minimum atomic E-state index is -3.29. The van der Waals surface area contributed by atoms with Gasteiger partial charge in [0, 0.05) is 25.8 Å². The molecule has 1 aromatic rings. The van der Waals surface area contributed by atoms with Crippen LogP contribution in [0.15, 0.2) is 30.3 Å². The lowest BCUT2D eigenvalue weighted by atomic mass is 9.95. The number of sulfone groups is 1. The maximum Gasteiger partial charge on any atom is 0.317 e. The van der Waals surface area contributed by atoms with E-state index in [1.807, 2.05) is 6.07 Å². The quantitative estimate of drug-likeness (QED) is 0.795. The van der Waals surface area contributed by atoms with Crippen molar-refractivity contribution in [2.24, 2.45) is 5.92 Å². The summed E-state index contributed by atoms with van der Waals surface area (Å²) < 4.78 is 23.4. The van der Waals surface area contributed by atoms with E-state index in [0.717, 1.165) is 24.7 Å². The van der Waals surface area contributed by atoms with Gasteiger partial charge in [-0.25, -0.2) is 13.2 Å². The van der Waals surface area contributed by atoms with Gasteiger partial charge >= 0.3 is 12.0 Å². The SMILES string of the molecule is CS(=O)(=O)CC(NC(=O)N1CCCC(CC(=O)O)C1)c1ccccc1. The summed E-state index contributed by atoms with van der Waals surface area (Å²) in [5, 5.41) is 11.7. The van der Waals surface area contributed by atoms with Crippen molar-refractivity contribution in [1.29, 1.82) is 0 Å². The number of amides is 2. The molecular weight excluding hydrogens is 344 g/mol. The number of hydrogen-bond donors (Lipinski definition) is 2. The number of carboxylic acid groups (broad SMARTS) is 1. The number of likely N-dealkylation sites (tertiary alicyclic amines) is 1. The molecule has 0 radical (unpaired) electrons. The van der Waals surface area contributed by atoms with E-state index in [1.54, 1.807) is 29.2 Å². The van der Waals surface area contributed by atoms with E-state index in [-0.39, 0.29) is 24.1 Å². The Morgan fingerprint density at radius 3 is 2.60 bits per heavy atom. The molecule has 1 saturated heterocycles. The standard InChI is InChI=1S/C17H24N2O5S/c1-25(23,24)12-15(14-7-3-2-4-8-14)18-17(22)19-9-5-6-13(11-19)10-16(20)21/h2-4,7-8,13,15H,5-6,9-12H2,1H3,(H,18,22)(H,20,21). The Balaban J connectivity index is 2.07.